The van der Waals surface area contributed by atoms with Gasteiger partial charge in [0.05, 0.1) is 18.7 Å². The summed E-state index contributed by atoms with van der Waals surface area (Å²) in [6.45, 7) is 5.33. The molecule has 1 aliphatic heterocycles. The van der Waals surface area contributed by atoms with E-state index in [-0.39, 0.29) is 12.1 Å². The Kier molecular flexibility index (Phi) is 3.12. The van der Waals surface area contributed by atoms with E-state index >= 15 is 0 Å². The molecule has 7 heteroatoms. The van der Waals surface area contributed by atoms with Crippen molar-refractivity contribution in [3.05, 3.63) is 30.3 Å². The van der Waals surface area contributed by atoms with Gasteiger partial charge in [0, 0.05) is 17.7 Å². The first-order valence-corrected chi connectivity index (χ1v) is 8.62. The summed E-state index contributed by atoms with van der Waals surface area (Å²) in [5.41, 5.74) is 9.84. The van der Waals surface area contributed by atoms with Crippen molar-refractivity contribution in [3.8, 4) is 22.9 Å². The van der Waals surface area contributed by atoms with Crippen molar-refractivity contribution in [1.82, 2.24) is 14.5 Å². The highest BCUT2D eigenvalue weighted by molar-refractivity contribution is 5.89. The lowest BCUT2D eigenvalue weighted by Crippen LogP contribution is -2.24. The molecular weight excluding hydrogens is 332 g/mol. The summed E-state index contributed by atoms with van der Waals surface area (Å²) in [7, 11) is 0. The van der Waals surface area contributed by atoms with Crippen LogP contribution in [0.4, 0.5) is 6.01 Å². The number of nitrogen functional groups attached to an aromatic ring is 1. The van der Waals surface area contributed by atoms with E-state index in [1.54, 1.807) is 0 Å². The molecule has 4 aromatic rings. The largest absolute Gasteiger partial charge is 0.494 e. The lowest BCUT2D eigenvalue weighted by atomic mass is 10.2. The second kappa shape index (κ2) is 5.39. The first kappa shape index (κ1) is 15.1. The van der Waals surface area contributed by atoms with Crippen molar-refractivity contribution in [2.45, 2.75) is 26.5 Å². The van der Waals surface area contributed by atoms with Crippen LogP contribution in [0, 0.1) is 0 Å². The Labute approximate surface area is 149 Å². The smallest absolute Gasteiger partial charge is 0.292 e. The van der Waals surface area contributed by atoms with Crippen LogP contribution in [0.15, 0.2) is 34.7 Å². The van der Waals surface area contributed by atoms with Crippen LogP contribution in [0.3, 0.4) is 0 Å². The van der Waals surface area contributed by atoms with E-state index in [0.717, 1.165) is 46.0 Å². The minimum Gasteiger partial charge on any atom is -0.494 e. The number of fused-ring (bicyclic) bond motifs is 1. The standard InChI is InChI=1S/C19H18N4O3/c1-3-24-12-7-14-17-16(8-12)25-10(2)9-23(17)18(21-14)11-4-5-15-13(6-11)22-19(20)26-15/h4-8,10H,3,9H2,1-2H3,(H2,20,22)/t10-/m1/s1. The second-order valence-electron chi connectivity index (χ2n) is 6.43. The van der Waals surface area contributed by atoms with Gasteiger partial charge < -0.3 is 24.2 Å². The van der Waals surface area contributed by atoms with Gasteiger partial charge in [0.25, 0.3) is 6.01 Å². The molecule has 0 spiro atoms. The molecule has 3 heterocycles. The van der Waals surface area contributed by atoms with Gasteiger partial charge in [-0.15, -0.1) is 0 Å². The molecule has 1 atom stereocenters. The van der Waals surface area contributed by atoms with Crippen LogP contribution in [0.2, 0.25) is 0 Å². The minimum atomic E-state index is 0.0435. The van der Waals surface area contributed by atoms with Gasteiger partial charge in [-0.25, -0.2) is 4.98 Å². The molecular formula is C19H18N4O3. The van der Waals surface area contributed by atoms with Crippen molar-refractivity contribution in [3.63, 3.8) is 0 Å². The Bertz CT molecular complexity index is 1140. The second-order valence-corrected chi connectivity index (χ2v) is 6.43. The van der Waals surface area contributed by atoms with Crippen molar-refractivity contribution in [1.29, 1.82) is 0 Å². The Morgan fingerprint density at radius 3 is 2.96 bits per heavy atom. The third-order valence-corrected chi connectivity index (χ3v) is 4.52. The molecule has 2 aromatic heterocycles. The minimum absolute atomic E-state index is 0.0435. The number of benzene rings is 2. The number of hydrogen-bond donors (Lipinski definition) is 1. The number of hydrogen-bond acceptors (Lipinski definition) is 6. The molecule has 0 saturated carbocycles. The van der Waals surface area contributed by atoms with Crippen LogP contribution in [-0.2, 0) is 6.54 Å². The summed E-state index contributed by atoms with van der Waals surface area (Å²) in [4.78, 5) is 9.08. The van der Waals surface area contributed by atoms with E-state index < -0.39 is 0 Å². The van der Waals surface area contributed by atoms with Crippen LogP contribution in [0.25, 0.3) is 33.5 Å². The van der Waals surface area contributed by atoms with Gasteiger partial charge in [0.15, 0.2) is 5.58 Å². The molecule has 7 nitrogen and oxygen atoms in total. The summed E-state index contributed by atoms with van der Waals surface area (Å²) >= 11 is 0. The quantitative estimate of drug-likeness (QED) is 0.607. The number of nitrogens with two attached hydrogens (primary N) is 1. The van der Waals surface area contributed by atoms with Gasteiger partial charge in [-0.05, 0) is 32.0 Å². The first-order valence-electron chi connectivity index (χ1n) is 8.62. The molecule has 2 N–H and O–H groups in total. The van der Waals surface area contributed by atoms with Gasteiger partial charge in [0.1, 0.15) is 34.5 Å². The molecule has 1 aliphatic rings. The fourth-order valence-corrected chi connectivity index (χ4v) is 3.54. The lowest BCUT2D eigenvalue weighted by molar-refractivity contribution is 0.189. The van der Waals surface area contributed by atoms with Crippen LogP contribution >= 0.6 is 0 Å². The van der Waals surface area contributed by atoms with E-state index in [4.69, 9.17) is 24.6 Å². The average Bonchev–Trinajstić information content (AvgIpc) is 3.14. The van der Waals surface area contributed by atoms with Crippen molar-refractivity contribution in [2.24, 2.45) is 0 Å². The third kappa shape index (κ3) is 2.20. The van der Waals surface area contributed by atoms with E-state index in [1.165, 1.54) is 0 Å². The zero-order valence-electron chi connectivity index (χ0n) is 14.5. The zero-order chi connectivity index (χ0) is 17.8. The molecule has 2 aromatic carbocycles. The van der Waals surface area contributed by atoms with Crippen LogP contribution < -0.4 is 15.2 Å². The van der Waals surface area contributed by atoms with Gasteiger partial charge >= 0.3 is 0 Å². The predicted molar refractivity (Wildman–Crippen MR) is 98.4 cm³/mol. The van der Waals surface area contributed by atoms with Crippen molar-refractivity contribution >= 4 is 28.1 Å². The van der Waals surface area contributed by atoms with Crippen molar-refractivity contribution in [2.75, 3.05) is 12.3 Å². The van der Waals surface area contributed by atoms with E-state index in [1.807, 2.05) is 44.2 Å². The Morgan fingerprint density at radius 1 is 1.23 bits per heavy atom. The molecule has 0 unspecified atom stereocenters. The summed E-state index contributed by atoms with van der Waals surface area (Å²) in [6, 6.07) is 9.84. The number of anilines is 1. The third-order valence-electron chi connectivity index (χ3n) is 4.52. The normalized spacial score (nSPS) is 16.2. The van der Waals surface area contributed by atoms with Crippen molar-refractivity contribution < 1.29 is 13.9 Å². The molecule has 0 fully saturated rings. The van der Waals surface area contributed by atoms with Gasteiger partial charge in [-0.3, -0.25) is 0 Å². The molecule has 0 bridgehead atoms. The summed E-state index contributed by atoms with van der Waals surface area (Å²) in [5.74, 6) is 2.43. The van der Waals surface area contributed by atoms with E-state index in [2.05, 4.69) is 9.55 Å². The number of aromatic nitrogens is 3. The average molecular weight is 350 g/mol. The summed E-state index contributed by atoms with van der Waals surface area (Å²) in [6.07, 6.45) is 0.0435. The fraction of sp³-hybridized carbons (Fsp3) is 0.263. The molecule has 0 amide bonds. The number of imidazole rings is 1. The number of nitrogens with zero attached hydrogens (tertiary/aromatic N) is 3. The maximum absolute atomic E-state index is 6.03. The molecule has 26 heavy (non-hydrogen) atoms. The van der Waals surface area contributed by atoms with Crippen LogP contribution in [0.5, 0.6) is 11.5 Å². The predicted octanol–water partition coefficient (Wildman–Crippen LogP) is 3.61. The van der Waals surface area contributed by atoms with Gasteiger partial charge in [0.2, 0.25) is 0 Å². The van der Waals surface area contributed by atoms with Crippen LogP contribution in [-0.4, -0.2) is 27.2 Å². The fourth-order valence-electron chi connectivity index (χ4n) is 3.54. The van der Waals surface area contributed by atoms with E-state index in [9.17, 15) is 0 Å². The molecule has 132 valence electrons. The summed E-state index contributed by atoms with van der Waals surface area (Å²) in [5, 5.41) is 0. The van der Waals surface area contributed by atoms with Crippen LogP contribution in [0.1, 0.15) is 13.8 Å². The maximum atomic E-state index is 6.03. The Morgan fingerprint density at radius 2 is 2.12 bits per heavy atom. The highest BCUT2D eigenvalue weighted by atomic mass is 16.5. The van der Waals surface area contributed by atoms with E-state index in [0.29, 0.717) is 12.2 Å². The lowest BCUT2D eigenvalue weighted by Gasteiger charge is -2.24. The molecule has 0 aliphatic carbocycles. The highest BCUT2D eigenvalue weighted by Gasteiger charge is 2.25. The number of oxazole rings is 1. The molecule has 0 radical (unpaired) electrons. The SMILES string of the molecule is CCOc1cc2c3c(c1)nc(-c1ccc4oc(N)nc4c1)n3C[C@@H](C)O2. The maximum Gasteiger partial charge on any atom is 0.292 e. The monoisotopic (exact) mass is 350 g/mol. The Hall–Kier alpha value is -3.22. The summed E-state index contributed by atoms with van der Waals surface area (Å²) < 4.78 is 19.3. The topological polar surface area (TPSA) is 88.3 Å². The molecule has 0 saturated heterocycles. The zero-order valence-corrected chi connectivity index (χ0v) is 14.5. The number of rotatable bonds is 3. The molecule has 5 rings (SSSR count). The Balaban J connectivity index is 1.74. The van der Waals surface area contributed by atoms with Gasteiger partial charge in [-0.2, -0.15) is 4.98 Å². The highest BCUT2D eigenvalue weighted by Crippen LogP contribution is 2.38. The van der Waals surface area contributed by atoms with Gasteiger partial charge in [-0.1, -0.05) is 0 Å². The first-order chi connectivity index (χ1) is 12.6. The number of ether oxygens (including phenoxy) is 2.